The maximum atomic E-state index is 12.7. The summed E-state index contributed by atoms with van der Waals surface area (Å²) in [5, 5.41) is 0. The fourth-order valence-electron chi connectivity index (χ4n) is 2.70. The van der Waals surface area contributed by atoms with Crippen molar-refractivity contribution in [3.8, 4) is 0 Å². The molecule has 3 nitrogen and oxygen atoms in total. The monoisotopic (exact) mass is 349 g/mol. The van der Waals surface area contributed by atoms with Gasteiger partial charge in [-0.1, -0.05) is 63.0 Å². The van der Waals surface area contributed by atoms with Crippen molar-refractivity contribution in [3.05, 3.63) is 54.1 Å². The maximum absolute atomic E-state index is 12.7. The number of benzene rings is 1. The number of allylic oxidation sites excluding steroid dienone is 1. The molecule has 1 fully saturated rings. The Bertz CT molecular complexity index is 687. The molecule has 1 heterocycles. The number of hydrogen-bond acceptors (Lipinski definition) is 2. The van der Waals surface area contributed by atoms with E-state index in [9.17, 15) is 8.42 Å². The lowest BCUT2D eigenvalue weighted by Gasteiger charge is -2.15. The highest BCUT2D eigenvalue weighted by atomic mass is 32.2. The van der Waals surface area contributed by atoms with Crippen LogP contribution in [-0.4, -0.2) is 33.9 Å². The molecular formula is C18H27NO2SSi. The van der Waals surface area contributed by atoms with Crippen molar-refractivity contribution in [1.82, 2.24) is 4.31 Å². The van der Waals surface area contributed by atoms with Crippen molar-refractivity contribution in [1.29, 1.82) is 0 Å². The highest BCUT2D eigenvalue weighted by Gasteiger charge is 2.31. The van der Waals surface area contributed by atoms with Crippen LogP contribution < -0.4 is 0 Å². The Morgan fingerprint density at radius 1 is 1.17 bits per heavy atom. The van der Waals surface area contributed by atoms with Crippen molar-refractivity contribution < 1.29 is 8.42 Å². The molecule has 0 saturated carbocycles. The van der Waals surface area contributed by atoms with Gasteiger partial charge in [-0.05, 0) is 29.7 Å². The van der Waals surface area contributed by atoms with Gasteiger partial charge in [-0.25, -0.2) is 8.42 Å². The highest BCUT2D eigenvalue weighted by molar-refractivity contribution is 7.89. The molecule has 1 saturated heterocycles. The first-order valence-electron chi connectivity index (χ1n) is 8.12. The van der Waals surface area contributed by atoms with Gasteiger partial charge in [-0.3, -0.25) is 0 Å². The van der Waals surface area contributed by atoms with E-state index in [0.29, 0.717) is 18.0 Å². The number of nitrogens with zero attached hydrogens (tertiary/aromatic N) is 1. The van der Waals surface area contributed by atoms with Crippen LogP contribution in [0.15, 0.2) is 59.0 Å². The zero-order chi connectivity index (χ0) is 17.1. The Balaban J connectivity index is 2.02. The van der Waals surface area contributed by atoms with Crippen molar-refractivity contribution in [2.75, 3.05) is 13.1 Å². The summed E-state index contributed by atoms with van der Waals surface area (Å²) in [5.41, 5.74) is 2.01. The molecule has 23 heavy (non-hydrogen) atoms. The van der Waals surface area contributed by atoms with Crippen LogP contribution in [0.3, 0.4) is 0 Å². The summed E-state index contributed by atoms with van der Waals surface area (Å²) in [6, 6.07) is 9.93. The third kappa shape index (κ3) is 4.90. The van der Waals surface area contributed by atoms with Gasteiger partial charge in [0.1, 0.15) is 0 Å². The quantitative estimate of drug-likeness (QED) is 0.567. The molecule has 0 radical (unpaired) electrons. The van der Waals surface area contributed by atoms with Crippen LogP contribution in [0.4, 0.5) is 0 Å². The van der Waals surface area contributed by atoms with Crippen molar-refractivity contribution >= 4 is 18.1 Å². The van der Waals surface area contributed by atoms with Gasteiger partial charge in [-0.2, -0.15) is 4.31 Å². The van der Waals surface area contributed by atoms with Gasteiger partial charge in [0, 0.05) is 21.2 Å². The number of unbranched alkanes of at least 4 members (excludes halogenated alkanes) is 1. The van der Waals surface area contributed by atoms with Crippen molar-refractivity contribution in [2.45, 2.75) is 43.4 Å². The first-order chi connectivity index (χ1) is 10.7. The Labute approximate surface area is 141 Å². The summed E-state index contributed by atoms with van der Waals surface area (Å²) in [6.07, 6.45) is 4.37. The molecule has 2 rings (SSSR count). The standard InChI is InChI=1S/C18H27NO2SSi/c1-16-14-19(22(20,21)18-11-6-5-7-12-18)15-17(16)10-8-9-13-23(2,3)4/h5-7,10-12H,1,8-9,13-15H2,2-4H3/b17-10+. The first-order valence-corrected chi connectivity index (χ1v) is 13.3. The SMILES string of the molecule is C=C1CN(S(=O)(=O)c2ccccc2)C/C1=C\CCC[Si](C)(C)C. The van der Waals surface area contributed by atoms with E-state index in [1.54, 1.807) is 24.3 Å². The smallest absolute Gasteiger partial charge is 0.207 e. The minimum absolute atomic E-state index is 0.354. The summed E-state index contributed by atoms with van der Waals surface area (Å²) >= 11 is 0. The Morgan fingerprint density at radius 2 is 1.83 bits per heavy atom. The van der Waals surface area contributed by atoms with E-state index < -0.39 is 18.1 Å². The minimum atomic E-state index is -3.42. The van der Waals surface area contributed by atoms with E-state index in [1.165, 1.54) is 16.8 Å². The second-order valence-corrected chi connectivity index (χ2v) is 14.9. The van der Waals surface area contributed by atoms with Crippen molar-refractivity contribution in [3.63, 3.8) is 0 Å². The lowest BCUT2D eigenvalue weighted by molar-refractivity contribution is 0.489. The van der Waals surface area contributed by atoms with Crippen LogP contribution in [-0.2, 0) is 10.0 Å². The van der Waals surface area contributed by atoms with Gasteiger partial charge in [0.25, 0.3) is 0 Å². The van der Waals surface area contributed by atoms with Gasteiger partial charge in [0.05, 0.1) is 4.90 Å². The molecule has 0 aromatic heterocycles. The van der Waals surface area contributed by atoms with Gasteiger partial charge in [-0.15, -0.1) is 0 Å². The van der Waals surface area contributed by atoms with Crippen LogP contribution in [0.25, 0.3) is 0 Å². The molecular weight excluding hydrogens is 322 g/mol. The average molecular weight is 350 g/mol. The summed E-state index contributed by atoms with van der Waals surface area (Å²) in [4.78, 5) is 0.354. The summed E-state index contributed by atoms with van der Waals surface area (Å²) in [5.74, 6) is 0. The molecule has 0 amide bonds. The summed E-state index contributed by atoms with van der Waals surface area (Å²) in [7, 11) is -4.42. The zero-order valence-electron chi connectivity index (χ0n) is 14.4. The maximum Gasteiger partial charge on any atom is 0.243 e. The molecule has 0 atom stereocenters. The topological polar surface area (TPSA) is 37.4 Å². The third-order valence-electron chi connectivity index (χ3n) is 4.07. The number of rotatable bonds is 6. The molecule has 1 aromatic rings. The van der Waals surface area contributed by atoms with Crippen molar-refractivity contribution in [2.24, 2.45) is 0 Å². The number of sulfonamides is 1. The van der Waals surface area contributed by atoms with Crippen LogP contribution in [0.2, 0.25) is 25.7 Å². The van der Waals surface area contributed by atoms with E-state index in [2.05, 4.69) is 32.3 Å². The number of hydrogen-bond donors (Lipinski definition) is 0. The van der Waals surface area contributed by atoms with Crippen LogP contribution in [0.1, 0.15) is 12.8 Å². The van der Waals surface area contributed by atoms with E-state index in [0.717, 1.165) is 17.6 Å². The highest BCUT2D eigenvalue weighted by Crippen LogP contribution is 2.27. The molecule has 0 spiro atoms. The molecule has 0 unspecified atom stereocenters. The lowest BCUT2D eigenvalue weighted by atomic mass is 10.1. The fourth-order valence-corrected chi connectivity index (χ4v) is 5.40. The predicted octanol–water partition coefficient (Wildman–Crippen LogP) is 4.29. The van der Waals surface area contributed by atoms with Gasteiger partial charge < -0.3 is 0 Å². The fraction of sp³-hybridized carbons (Fsp3) is 0.444. The van der Waals surface area contributed by atoms with Gasteiger partial charge >= 0.3 is 0 Å². The van der Waals surface area contributed by atoms with Gasteiger partial charge in [0.2, 0.25) is 10.0 Å². The molecule has 1 aromatic carbocycles. The minimum Gasteiger partial charge on any atom is -0.207 e. The van der Waals surface area contributed by atoms with Crippen LogP contribution in [0.5, 0.6) is 0 Å². The lowest BCUT2D eigenvalue weighted by Crippen LogP contribution is -2.28. The third-order valence-corrected chi connectivity index (χ3v) is 7.73. The molecule has 0 bridgehead atoms. The summed E-state index contributed by atoms with van der Waals surface area (Å²) in [6.45, 7) is 12.0. The molecule has 0 aliphatic carbocycles. The molecule has 1 aliphatic rings. The van der Waals surface area contributed by atoms with Gasteiger partial charge in [0.15, 0.2) is 0 Å². The zero-order valence-corrected chi connectivity index (χ0v) is 16.2. The van der Waals surface area contributed by atoms with E-state index in [4.69, 9.17) is 0 Å². The summed E-state index contributed by atoms with van der Waals surface area (Å²) < 4.78 is 26.8. The molecule has 126 valence electrons. The second kappa shape index (κ2) is 7.15. The van der Waals surface area contributed by atoms with E-state index in [-0.39, 0.29) is 0 Å². The predicted molar refractivity (Wildman–Crippen MR) is 99.8 cm³/mol. The molecule has 1 aliphatic heterocycles. The largest absolute Gasteiger partial charge is 0.243 e. The second-order valence-electron chi connectivity index (χ2n) is 7.37. The Hall–Kier alpha value is -1.17. The Morgan fingerprint density at radius 3 is 2.43 bits per heavy atom. The molecule has 5 heteroatoms. The Kier molecular flexibility index (Phi) is 5.65. The van der Waals surface area contributed by atoms with Crippen LogP contribution in [0, 0.1) is 0 Å². The normalized spacial score (nSPS) is 18.7. The molecule has 0 N–H and O–H groups in total. The van der Waals surface area contributed by atoms with Crippen LogP contribution >= 0.6 is 0 Å². The van der Waals surface area contributed by atoms with E-state index in [1.807, 2.05) is 6.07 Å². The first kappa shape index (κ1) is 18.2. The van der Waals surface area contributed by atoms with E-state index >= 15 is 0 Å². The average Bonchev–Trinajstić information content (AvgIpc) is 2.86.